The summed E-state index contributed by atoms with van der Waals surface area (Å²) in [4.78, 5) is 15.8. The number of thiazole rings is 1. The number of anilines is 1. The number of carbonyl (C=O) groups is 1. The molecule has 4 nitrogen and oxygen atoms in total. The molecule has 2 rings (SSSR count). The number of benzene rings is 1. The lowest BCUT2D eigenvalue weighted by atomic mass is 10.1. The van der Waals surface area contributed by atoms with Gasteiger partial charge in [-0.05, 0) is 25.1 Å². The van der Waals surface area contributed by atoms with Crippen LogP contribution in [0.1, 0.15) is 29.0 Å². The van der Waals surface area contributed by atoms with Crippen molar-refractivity contribution < 1.29 is 9.53 Å². The molecule has 6 heteroatoms. The first-order valence-corrected chi connectivity index (χ1v) is 6.96. The topological polar surface area (TPSA) is 51.2 Å². The summed E-state index contributed by atoms with van der Waals surface area (Å²) >= 11 is 7.51. The number of carbonyl (C=O) groups excluding carboxylic acids is 1. The molecule has 2 aromatic rings. The number of ether oxygens (including phenoxy) is 1. The first-order chi connectivity index (χ1) is 9.11. The number of rotatable bonds is 4. The van der Waals surface area contributed by atoms with Gasteiger partial charge in [-0.3, -0.25) is 0 Å². The first-order valence-electron chi connectivity index (χ1n) is 5.64. The van der Waals surface area contributed by atoms with Gasteiger partial charge in [0, 0.05) is 11.1 Å². The minimum Gasteiger partial charge on any atom is -0.465 e. The number of hydrogen-bond acceptors (Lipinski definition) is 5. The van der Waals surface area contributed by atoms with Gasteiger partial charge in [0.25, 0.3) is 0 Å². The van der Waals surface area contributed by atoms with E-state index in [0.717, 1.165) is 11.4 Å². The average Bonchev–Trinajstić information content (AvgIpc) is 2.94. The molecule has 1 aromatic carbocycles. The number of esters is 1. The molecule has 1 heterocycles. The third kappa shape index (κ3) is 3.24. The second-order valence-electron chi connectivity index (χ2n) is 3.97. The first kappa shape index (κ1) is 13.8. The number of nitrogens with zero attached hydrogens (tertiary/aromatic N) is 1. The molecule has 0 bridgehead atoms. The van der Waals surface area contributed by atoms with Gasteiger partial charge in [0.2, 0.25) is 0 Å². The lowest BCUT2D eigenvalue weighted by molar-refractivity contribution is 0.0601. The Balaban J connectivity index is 2.19. The number of hydrogen-bond donors (Lipinski definition) is 1. The Kier molecular flexibility index (Phi) is 4.39. The fourth-order valence-corrected chi connectivity index (χ4v) is 2.48. The molecule has 0 saturated heterocycles. The van der Waals surface area contributed by atoms with Crippen molar-refractivity contribution in [2.24, 2.45) is 0 Å². The summed E-state index contributed by atoms with van der Waals surface area (Å²) in [5, 5.41) is 5.62. The Bertz CT molecular complexity index is 572. The molecule has 1 aromatic heterocycles. The zero-order chi connectivity index (χ0) is 13.8. The monoisotopic (exact) mass is 296 g/mol. The van der Waals surface area contributed by atoms with E-state index in [1.165, 1.54) is 7.11 Å². The Morgan fingerprint density at radius 1 is 1.53 bits per heavy atom. The molecule has 0 aliphatic rings. The summed E-state index contributed by atoms with van der Waals surface area (Å²) in [6, 6.07) is 5.22. The number of aromatic nitrogens is 1. The summed E-state index contributed by atoms with van der Waals surface area (Å²) in [5.74, 6) is -0.449. The smallest absolute Gasteiger partial charge is 0.339 e. The van der Waals surface area contributed by atoms with Crippen LogP contribution in [-0.2, 0) is 4.74 Å². The fraction of sp³-hybridized carbons (Fsp3) is 0.231. The second kappa shape index (κ2) is 6.04. The van der Waals surface area contributed by atoms with Crippen LogP contribution in [0.4, 0.5) is 5.69 Å². The van der Waals surface area contributed by atoms with Crippen LogP contribution in [-0.4, -0.2) is 18.1 Å². The standard InChI is InChI=1S/C13H13ClN2O2S/c1-8(12-6-19-7-15-12)16-9-3-4-11(14)10(5-9)13(17)18-2/h3-8,16H,1-2H3. The predicted octanol–water partition coefficient (Wildman–Crippen LogP) is 3.76. The highest BCUT2D eigenvalue weighted by Crippen LogP contribution is 2.24. The van der Waals surface area contributed by atoms with E-state index < -0.39 is 5.97 Å². The van der Waals surface area contributed by atoms with E-state index in [-0.39, 0.29) is 6.04 Å². The highest BCUT2D eigenvalue weighted by Gasteiger charge is 2.13. The van der Waals surface area contributed by atoms with Crippen LogP contribution < -0.4 is 5.32 Å². The molecule has 0 saturated carbocycles. The Labute approximate surface area is 120 Å². The minimum atomic E-state index is -0.449. The summed E-state index contributed by atoms with van der Waals surface area (Å²) in [5.41, 5.74) is 3.89. The number of halogens is 1. The summed E-state index contributed by atoms with van der Waals surface area (Å²) in [6.45, 7) is 2.00. The normalized spacial score (nSPS) is 11.9. The van der Waals surface area contributed by atoms with Crippen molar-refractivity contribution in [3.8, 4) is 0 Å². The molecule has 0 aliphatic carbocycles. The molecule has 0 fully saturated rings. The molecule has 0 radical (unpaired) electrons. The van der Waals surface area contributed by atoms with Crippen LogP contribution in [0.25, 0.3) is 0 Å². The molecule has 0 spiro atoms. The van der Waals surface area contributed by atoms with Gasteiger partial charge in [-0.2, -0.15) is 0 Å². The Morgan fingerprint density at radius 3 is 2.95 bits per heavy atom. The zero-order valence-corrected chi connectivity index (χ0v) is 12.1. The number of methoxy groups -OCH3 is 1. The van der Waals surface area contributed by atoms with Crippen molar-refractivity contribution >= 4 is 34.6 Å². The van der Waals surface area contributed by atoms with Gasteiger partial charge >= 0.3 is 5.97 Å². The van der Waals surface area contributed by atoms with E-state index >= 15 is 0 Å². The van der Waals surface area contributed by atoms with Gasteiger partial charge in [-0.1, -0.05) is 11.6 Å². The predicted molar refractivity (Wildman–Crippen MR) is 76.9 cm³/mol. The largest absolute Gasteiger partial charge is 0.465 e. The van der Waals surface area contributed by atoms with E-state index in [2.05, 4.69) is 15.0 Å². The molecule has 19 heavy (non-hydrogen) atoms. The van der Waals surface area contributed by atoms with Crippen molar-refractivity contribution in [1.82, 2.24) is 4.98 Å². The molecule has 1 unspecified atom stereocenters. The van der Waals surface area contributed by atoms with Crippen LogP contribution in [0, 0.1) is 0 Å². The van der Waals surface area contributed by atoms with E-state index in [4.69, 9.17) is 11.6 Å². The summed E-state index contributed by atoms with van der Waals surface area (Å²) in [6.07, 6.45) is 0. The highest BCUT2D eigenvalue weighted by atomic mass is 35.5. The lowest BCUT2D eigenvalue weighted by Gasteiger charge is -2.14. The molecule has 0 aliphatic heterocycles. The maximum absolute atomic E-state index is 11.6. The van der Waals surface area contributed by atoms with Gasteiger partial charge in [0.1, 0.15) is 0 Å². The van der Waals surface area contributed by atoms with Crippen molar-refractivity contribution in [3.63, 3.8) is 0 Å². The van der Waals surface area contributed by atoms with Gasteiger partial charge < -0.3 is 10.1 Å². The lowest BCUT2D eigenvalue weighted by Crippen LogP contribution is -2.08. The summed E-state index contributed by atoms with van der Waals surface area (Å²) in [7, 11) is 1.33. The van der Waals surface area contributed by atoms with E-state index in [1.807, 2.05) is 18.4 Å². The molecule has 1 atom stereocenters. The number of nitrogens with one attached hydrogen (secondary N) is 1. The van der Waals surface area contributed by atoms with Gasteiger partial charge in [0.15, 0.2) is 0 Å². The molecule has 1 N–H and O–H groups in total. The maximum atomic E-state index is 11.6. The van der Waals surface area contributed by atoms with Crippen LogP contribution >= 0.6 is 22.9 Å². The highest BCUT2D eigenvalue weighted by molar-refractivity contribution is 7.07. The molecule has 100 valence electrons. The van der Waals surface area contributed by atoms with Gasteiger partial charge in [0.05, 0.1) is 34.9 Å². The van der Waals surface area contributed by atoms with Crippen LogP contribution in [0.5, 0.6) is 0 Å². The SMILES string of the molecule is COC(=O)c1cc(NC(C)c2cscn2)ccc1Cl. The van der Waals surface area contributed by atoms with E-state index in [9.17, 15) is 4.79 Å². The van der Waals surface area contributed by atoms with Gasteiger partial charge in [-0.15, -0.1) is 11.3 Å². The van der Waals surface area contributed by atoms with Crippen molar-refractivity contribution in [1.29, 1.82) is 0 Å². The Hall–Kier alpha value is -1.59. The van der Waals surface area contributed by atoms with Crippen LogP contribution in [0.3, 0.4) is 0 Å². The van der Waals surface area contributed by atoms with Crippen LogP contribution in [0.15, 0.2) is 29.1 Å². The van der Waals surface area contributed by atoms with Crippen LogP contribution in [0.2, 0.25) is 5.02 Å². The van der Waals surface area contributed by atoms with Crippen molar-refractivity contribution in [3.05, 3.63) is 45.4 Å². The fourth-order valence-electron chi connectivity index (χ4n) is 1.64. The summed E-state index contributed by atoms with van der Waals surface area (Å²) < 4.78 is 4.69. The maximum Gasteiger partial charge on any atom is 0.339 e. The van der Waals surface area contributed by atoms with E-state index in [0.29, 0.717) is 10.6 Å². The second-order valence-corrected chi connectivity index (χ2v) is 5.09. The van der Waals surface area contributed by atoms with E-state index in [1.54, 1.807) is 29.0 Å². The average molecular weight is 297 g/mol. The molecular formula is C13H13ClN2O2S. The van der Waals surface area contributed by atoms with Crippen molar-refractivity contribution in [2.75, 3.05) is 12.4 Å². The molecular weight excluding hydrogens is 284 g/mol. The third-order valence-corrected chi connectivity index (χ3v) is 3.58. The van der Waals surface area contributed by atoms with Gasteiger partial charge in [-0.25, -0.2) is 9.78 Å². The Morgan fingerprint density at radius 2 is 2.32 bits per heavy atom. The quantitative estimate of drug-likeness (QED) is 0.873. The minimum absolute atomic E-state index is 0.0536. The van der Waals surface area contributed by atoms with Crippen molar-refractivity contribution in [2.45, 2.75) is 13.0 Å². The zero-order valence-electron chi connectivity index (χ0n) is 10.5. The molecule has 0 amide bonds. The third-order valence-electron chi connectivity index (χ3n) is 2.65.